The predicted molar refractivity (Wildman–Crippen MR) is 58.1 cm³/mol. The summed E-state index contributed by atoms with van der Waals surface area (Å²) in [7, 11) is 0. The summed E-state index contributed by atoms with van der Waals surface area (Å²) in [5.41, 5.74) is 1.44. The molecule has 1 nitrogen and oxygen atoms in total. The van der Waals surface area contributed by atoms with Gasteiger partial charge in [0, 0.05) is 11.4 Å². The van der Waals surface area contributed by atoms with Crippen LogP contribution < -0.4 is 5.32 Å². The van der Waals surface area contributed by atoms with Crippen molar-refractivity contribution in [1.82, 2.24) is 5.32 Å². The topological polar surface area (TPSA) is 12.0 Å². The van der Waals surface area contributed by atoms with Gasteiger partial charge in [0.25, 0.3) is 0 Å². The molecule has 0 atom stereocenters. The van der Waals surface area contributed by atoms with Gasteiger partial charge in [0.2, 0.25) is 0 Å². The van der Waals surface area contributed by atoms with E-state index in [1.807, 2.05) is 11.3 Å². The van der Waals surface area contributed by atoms with E-state index in [2.05, 4.69) is 23.7 Å². The van der Waals surface area contributed by atoms with Gasteiger partial charge >= 0.3 is 0 Å². The van der Waals surface area contributed by atoms with E-state index in [1.54, 1.807) is 0 Å². The summed E-state index contributed by atoms with van der Waals surface area (Å²) >= 11 is 1.86. The molecular formula is C11H17NS. The molecule has 1 heterocycles. The Morgan fingerprint density at radius 1 is 1.54 bits per heavy atom. The van der Waals surface area contributed by atoms with Gasteiger partial charge in [-0.3, -0.25) is 0 Å². The molecule has 13 heavy (non-hydrogen) atoms. The van der Waals surface area contributed by atoms with Crippen LogP contribution in [-0.4, -0.2) is 6.54 Å². The van der Waals surface area contributed by atoms with Crippen molar-refractivity contribution in [3.63, 3.8) is 0 Å². The number of hydrogen-bond acceptors (Lipinski definition) is 2. The van der Waals surface area contributed by atoms with Gasteiger partial charge in [-0.15, -0.1) is 11.3 Å². The van der Waals surface area contributed by atoms with Gasteiger partial charge in [-0.2, -0.15) is 0 Å². The fourth-order valence-corrected chi connectivity index (χ4v) is 2.55. The van der Waals surface area contributed by atoms with Crippen molar-refractivity contribution in [2.75, 3.05) is 6.54 Å². The van der Waals surface area contributed by atoms with Crippen LogP contribution in [0.4, 0.5) is 0 Å². The fourth-order valence-electron chi connectivity index (χ4n) is 1.67. The Kier molecular flexibility index (Phi) is 3.01. The van der Waals surface area contributed by atoms with E-state index >= 15 is 0 Å². The van der Waals surface area contributed by atoms with E-state index in [4.69, 9.17) is 0 Å². The maximum atomic E-state index is 3.54. The van der Waals surface area contributed by atoms with Crippen molar-refractivity contribution in [3.8, 4) is 0 Å². The molecule has 2 heteroatoms. The van der Waals surface area contributed by atoms with Gasteiger partial charge in [0.1, 0.15) is 0 Å². The minimum atomic E-state index is 0.972. The van der Waals surface area contributed by atoms with E-state index in [0.29, 0.717) is 0 Å². The van der Waals surface area contributed by atoms with Gasteiger partial charge in [-0.25, -0.2) is 0 Å². The van der Waals surface area contributed by atoms with Gasteiger partial charge in [0.05, 0.1) is 0 Å². The van der Waals surface area contributed by atoms with Crippen LogP contribution in [0.15, 0.2) is 11.4 Å². The Balaban J connectivity index is 1.70. The standard InChI is InChI=1S/C11H17NS/c1-9-5-6-13-11(9)8-12-7-10-3-2-4-10/h5-6,10,12H,2-4,7-8H2,1H3. The third-order valence-corrected chi connectivity index (χ3v) is 3.93. The average molecular weight is 195 g/mol. The molecule has 0 bridgehead atoms. The van der Waals surface area contributed by atoms with Gasteiger partial charge in [0.15, 0.2) is 0 Å². The molecule has 0 unspecified atom stereocenters. The highest BCUT2D eigenvalue weighted by molar-refractivity contribution is 7.10. The maximum Gasteiger partial charge on any atom is 0.0302 e. The minimum absolute atomic E-state index is 0.972. The third kappa shape index (κ3) is 2.32. The molecule has 1 aliphatic carbocycles. The Bertz CT molecular complexity index is 263. The van der Waals surface area contributed by atoms with Crippen LogP contribution in [0.3, 0.4) is 0 Å². The monoisotopic (exact) mass is 195 g/mol. The second kappa shape index (κ2) is 4.25. The van der Waals surface area contributed by atoms with Crippen LogP contribution in [-0.2, 0) is 6.54 Å². The van der Waals surface area contributed by atoms with Gasteiger partial charge in [-0.1, -0.05) is 6.42 Å². The summed E-state index contributed by atoms with van der Waals surface area (Å²) < 4.78 is 0. The molecule has 0 aliphatic heterocycles. The molecule has 0 amide bonds. The van der Waals surface area contributed by atoms with Gasteiger partial charge < -0.3 is 5.32 Å². The Labute approximate surface area is 84.2 Å². The van der Waals surface area contributed by atoms with Crippen molar-refractivity contribution < 1.29 is 0 Å². The molecule has 1 saturated carbocycles. The number of nitrogens with one attached hydrogen (secondary N) is 1. The molecule has 1 N–H and O–H groups in total. The molecule has 0 aromatic carbocycles. The second-order valence-corrected chi connectivity index (χ2v) is 4.96. The van der Waals surface area contributed by atoms with Crippen LogP contribution in [0, 0.1) is 12.8 Å². The van der Waals surface area contributed by atoms with E-state index in [-0.39, 0.29) is 0 Å². The van der Waals surface area contributed by atoms with Crippen molar-refractivity contribution in [1.29, 1.82) is 0 Å². The smallest absolute Gasteiger partial charge is 0.0302 e. The predicted octanol–water partition coefficient (Wildman–Crippen LogP) is 2.95. The van der Waals surface area contributed by atoms with Crippen LogP contribution >= 0.6 is 11.3 Å². The molecule has 72 valence electrons. The Morgan fingerprint density at radius 2 is 2.38 bits per heavy atom. The maximum absolute atomic E-state index is 3.54. The average Bonchev–Trinajstić information content (AvgIpc) is 2.42. The van der Waals surface area contributed by atoms with Gasteiger partial charge in [-0.05, 0) is 49.2 Å². The molecule has 0 spiro atoms. The molecule has 1 aliphatic rings. The van der Waals surface area contributed by atoms with E-state index in [0.717, 1.165) is 12.5 Å². The molecular weight excluding hydrogens is 178 g/mol. The van der Waals surface area contributed by atoms with Crippen LogP contribution in [0.1, 0.15) is 29.7 Å². The quantitative estimate of drug-likeness (QED) is 0.779. The van der Waals surface area contributed by atoms with E-state index in [1.165, 1.54) is 36.2 Å². The molecule has 0 radical (unpaired) electrons. The van der Waals surface area contributed by atoms with E-state index in [9.17, 15) is 0 Å². The first-order chi connectivity index (χ1) is 6.36. The van der Waals surface area contributed by atoms with Crippen LogP contribution in [0.25, 0.3) is 0 Å². The van der Waals surface area contributed by atoms with Crippen LogP contribution in [0.5, 0.6) is 0 Å². The highest BCUT2D eigenvalue weighted by Crippen LogP contribution is 2.25. The highest BCUT2D eigenvalue weighted by Gasteiger charge is 2.16. The summed E-state index contributed by atoms with van der Waals surface area (Å²) in [4.78, 5) is 1.50. The molecule has 1 aromatic rings. The third-order valence-electron chi connectivity index (χ3n) is 2.91. The summed E-state index contributed by atoms with van der Waals surface area (Å²) in [6.07, 6.45) is 4.33. The number of hydrogen-bond donors (Lipinski definition) is 1. The number of aryl methyl sites for hydroxylation is 1. The van der Waals surface area contributed by atoms with Crippen molar-refractivity contribution in [2.45, 2.75) is 32.7 Å². The molecule has 2 rings (SSSR count). The second-order valence-electron chi connectivity index (χ2n) is 3.95. The summed E-state index contributed by atoms with van der Waals surface area (Å²) in [5, 5.41) is 5.72. The largest absolute Gasteiger partial charge is 0.312 e. The summed E-state index contributed by atoms with van der Waals surface area (Å²) in [5.74, 6) is 0.972. The zero-order chi connectivity index (χ0) is 9.10. The van der Waals surface area contributed by atoms with Crippen LogP contribution in [0.2, 0.25) is 0 Å². The first kappa shape index (κ1) is 9.22. The first-order valence-corrected chi connectivity index (χ1v) is 5.98. The number of thiophene rings is 1. The molecule has 1 aromatic heterocycles. The summed E-state index contributed by atoms with van der Waals surface area (Å²) in [6.45, 7) is 4.48. The Hall–Kier alpha value is -0.340. The lowest BCUT2D eigenvalue weighted by Gasteiger charge is -2.25. The minimum Gasteiger partial charge on any atom is -0.312 e. The van der Waals surface area contributed by atoms with E-state index < -0.39 is 0 Å². The SMILES string of the molecule is Cc1ccsc1CNCC1CCC1. The summed E-state index contributed by atoms with van der Waals surface area (Å²) in [6, 6.07) is 2.20. The zero-order valence-corrected chi connectivity index (χ0v) is 8.99. The lowest BCUT2D eigenvalue weighted by molar-refractivity contribution is 0.301. The lowest BCUT2D eigenvalue weighted by atomic mass is 9.85. The Morgan fingerprint density at radius 3 is 2.92 bits per heavy atom. The lowest BCUT2D eigenvalue weighted by Crippen LogP contribution is -2.26. The first-order valence-electron chi connectivity index (χ1n) is 5.10. The van der Waals surface area contributed by atoms with Crippen molar-refractivity contribution in [2.24, 2.45) is 5.92 Å². The fraction of sp³-hybridized carbons (Fsp3) is 0.636. The zero-order valence-electron chi connectivity index (χ0n) is 8.18. The molecule has 1 fully saturated rings. The highest BCUT2D eigenvalue weighted by atomic mass is 32.1. The van der Waals surface area contributed by atoms with Crippen molar-refractivity contribution >= 4 is 11.3 Å². The van der Waals surface area contributed by atoms with Crippen molar-refractivity contribution in [3.05, 3.63) is 21.9 Å². The number of rotatable bonds is 4. The molecule has 0 saturated heterocycles. The normalized spacial score (nSPS) is 17.3.